The first-order valence-electron chi connectivity index (χ1n) is 11.0. The number of allylic oxidation sites excluding steroid dienone is 1. The smallest absolute Gasteiger partial charge is 0.273 e. The van der Waals surface area contributed by atoms with E-state index in [0.717, 1.165) is 5.57 Å². The van der Waals surface area contributed by atoms with E-state index in [1.54, 1.807) is 49.9 Å². The van der Waals surface area contributed by atoms with Crippen LogP contribution in [0.15, 0.2) is 58.3 Å². The lowest BCUT2D eigenvalue weighted by atomic mass is 9.97. The molecule has 4 heterocycles. The Kier molecular flexibility index (Phi) is 6.82. The van der Waals surface area contributed by atoms with Crippen molar-refractivity contribution in [2.24, 2.45) is 4.99 Å². The monoisotopic (exact) mass is 497 g/mol. The van der Waals surface area contributed by atoms with Gasteiger partial charge in [-0.2, -0.15) is 0 Å². The van der Waals surface area contributed by atoms with Crippen molar-refractivity contribution >= 4 is 17.3 Å². The van der Waals surface area contributed by atoms with Gasteiger partial charge in [0, 0.05) is 48.5 Å². The van der Waals surface area contributed by atoms with Crippen molar-refractivity contribution in [1.29, 1.82) is 0 Å². The topological polar surface area (TPSA) is 102 Å². The summed E-state index contributed by atoms with van der Waals surface area (Å²) in [4.78, 5) is 30.3. The highest BCUT2D eigenvalue weighted by molar-refractivity contribution is 6.31. The van der Waals surface area contributed by atoms with Crippen LogP contribution in [0.25, 0.3) is 0 Å². The van der Waals surface area contributed by atoms with Gasteiger partial charge in [-0.3, -0.25) is 14.8 Å². The highest BCUT2D eigenvalue weighted by atomic mass is 35.5. The first-order valence-corrected chi connectivity index (χ1v) is 11.4. The standard InChI is InChI=1S/C25H25ClFN5O3/c1-14-11-30-19(18-6-8-29-24(31-18)25(3,4)34)10-20(14)32-15(2)9-21(22(26)23(32)33)35-13-16-12-28-7-5-17(16)27/h5-9,11-12,20,34H,10,13H2,1-4H3. The number of aliphatic hydroxyl groups is 1. The van der Waals surface area contributed by atoms with E-state index in [1.807, 2.05) is 6.92 Å². The number of hydrogen-bond acceptors (Lipinski definition) is 7. The lowest BCUT2D eigenvalue weighted by Crippen LogP contribution is -2.31. The van der Waals surface area contributed by atoms with E-state index in [1.165, 1.54) is 18.5 Å². The molecule has 3 aromatic rings. The van der Waals surface area contributed by atoms with Crippen LogP contribution in [0.2, 0.25) is 5.02 Å². The maximum absolute atomic E-state index is 13.9. The summed E-state index contributed by atoms with van der Waals surface area (Å²) in [6.45, 7) is 6.78. The lowest BCUT2D eigenvalue weighted by molar-refractivity contribution is 0.0686. The first kappa shape index (κ1) is 24.7. The van der Waals surface area contributed by atoms with Crippen molar-refractivity contribution in [3.63, 3.8) is 0 Å². The first-order chi connectivity index (χ1) is 16.6. The Morgan fingerprint density at radius 3 is 2.77 bits per heavy atom. The Bertz CT molecular complexity index is 1390. The molecule has 0 aromatic carbocycles. The average molecular weight is 498 g/mol. The number of aromatic nitrogens is 4. The number of ether oxygens (including phenoxy) is 1. The number of aryl methyl sites for hydroxylation is 1. The Labute approximate surface area is 206 Å². The third-order valence-electron chi connectivity index (χ3n) is 5.72. The van der Waals surface area contributed by atoms with Crippen LogP contribution >= 0.6 is 11.6 Å². The van der Waals surface area contributed by atoms with E-state index >= 15 is 0 Å². The van der Waals surface area contributed by atoms with Crippen molar-refractivity contribution in [3.8, 4) is 5.75 Å². The summed E-state index contributed by atoms with van der Waals surface area (Å²) in [5, 5.41) is 10.2. The summed E-state index contributed by atoms with van der Waals surface area (Å²) >= 11 is 6.40. The Morgan fingerprint density at radius 2 is 2.06 bits per heavy atom. The summed E-state index contributed by atoms with van der Waals surface area (Å²) in [5.74, 6) is 0.00234. The zero-order valence-corrected chi connectivity index (χ0v) is 20.5. The zero-order valence-electron chi connectivity index (χ0n) is 19.8. The fourth-order valence-corrected chi connectivity index (χ4v) is 4.00. The van der Waals surface area contributed by atoms with E-state index < -0.39 is 17.0 Å². The number of rotatable bonds is 6. The largest absolute Gasteiger partial charge is 0.487 e. The lowest BCUT2D eigenvalue weighted by Gasteiger charge is -2.27. The molecule has 0 radical (unpaired) electrons. The molecule has 0 spiro atoms. The minimum atomic E-state index is -1.20. The van der Waals surface area contributed by atoms with Crippen LogP contribution in [0, 0.1) is 12.7 Å². The minimum Gasteiger partial charge on any atom is -0.487 e. The molecular formula is C25H25ClFN5O3. The van der Waals surface area contributed by atoms with E-state index in [2.05, 4.69) is 19.9 Å². The second-order valence-electron chi connectivity index (χ2n) is 8.89. The van der Waals surface area contributed by atoms with Crippen LogP contribution in [0.4, 0.5) is 4.39 Å². The highest BCUT2D eigenvalue weighted by Gasteiger charge is 2.27. The van der Waals surface area contributed by atoms with Crippen molar-refractivity contribution in [1.82, 2.24) is 19.5 Å². The molecule has 35 heavy (non-hydrogen) atoms. The minimum absolute atomic E-state index is 0.0943. The molecule has 1 N–H and O–H groups in total. The van der Waals surface area contributed by atoms with E-state index in [-0.39, 0.29) is 34.8 Å². The Hall–Kier alpha value is -3.43. The number of hydrogen-bond donors (Lipinski definition) is 1. The molecule has 1 atom stereocenters. The Morgan fingerprint density at radius 1 is 1.29 bits per heavy atom. The molecule has 0 saturated heterocycles. The van der Waals surface area contributed by atoms with Gasteiger partial charge in [0.1, 0.15) is 28.8 Å². The summed E-state index contributed by atoms with van der Waals surface area (Å²) in [5.41, 5.74) is 1.36. The van der Waals surface area contributed by atoms with Crippen LogP contribution in [0.5, 0.6) is 5.75 Å². The van der Waals surface area contributed by atoms with E-state index in [4.69, 9.17) is 16.3 Å². The molecule has 10 heteroatoms. The van der Waals surface area contributed by atoms with Gasteiger partial charge in [0.2, 0.25) is 0 Å². The maximum atomic E-state index is 13.9. The normalized spacial score (nSPS) is 16.0. The van der Waals surface area contributed by atoms with Gasteiger partial charge in [-0.15, -0.1) is 0 Å². The fourth-order valence-electron chi connectivity index (χ4n) is 3.80. The number of pyridine rings is 2. The molecular weight excluding hydrogens is 473 g/mol. The zero-order chi connectivity index (χ0) is 25.3. The number of nitrogens with zero attached hydrogens (tertiary/aromatic N) is 5. The van der Waals surface area contributed by atoms with Gasteiger partial charge in [0.05, 0.1) is 17.4 Å². The average Bonchev–Trinajstić information content (AvgIpc) is 2.82. The van der Waals surface area contributed by atoms with Gasteiger partial charge < -0.3 is 14.4 Å². The molecule has 0 aliphatic carbocycles. The third-order valence-corrected chi connectivity index (χ3v) is 6.06. The third kappa shape index (κ3) is 5.16. The second kappa shape index (κ2) is 9.67. The molecule has 0 fully saturated rings. The molecule has 0 amide bonds. The van der Waals surface area contributed by atoms with Crippen molar-refractivity contribution in [2.75, 3.05) is 0 Å². The van der Waals surface area contributed by atoms with E-state index in [0.29, 0.717) is 23.5 Å². The van der Waals surface area contributed by atoms with Gasteiger partial charge >= 0.3 is 0 Å². The quantitative estimate of drug-likeness (QED) is 0.545. The molecule has 8 nitrogen and oxygen atoms in total. The molecule has 1 unspecified atom stereocenters. The predicted octanol–water partition coefficient (Wildman–Crippen LogP) is 4.28. The Balaban J connectivity index is 1.63. The van der Waals surface area contributed by atoms with Crippen LogP contribution in [0.3, 0.4) is 0 Å². The van der Waals surface area contributed by atoms with Gasteiger partial charge in [-0.1, -0.05) is 11.6 Å². The van der Waals surface area contributed by atoms with Crippen LogP contribution in [-0.2, 0) is 12.2 Å². The van der Waals surface area contributed by atoms with Crippen molar-refractivity contribution in [3.05, 3.63) is 92.5 Å². The molecule has 0 saturated carbocycles. The van der Waals surface area contributed by atoms with Gasteiger partial charge in [0.15, 0.2) is 5.82 Å². The van der Waals surface area contributed by atoms with Crippen molar-refractivity contribution in [2.45, 2.75) is 52.4 Å². The van der Waals surface area contributed by atoms with Gasteiger partial charge in [-0.25, -0.2) is 14.4 Å². The van der Waals surface area contributed by atoms with Gasteiger partial charge in [0.25, 0.3) is 5.56 Å². The molecule has 3 aromatic heterocycles. The molecule has 1 aliphatic heterocycles. The van der Waals surface area contributed by atoms with Gasteiger partial charge in [-0.05, 0) is 45.4 Å². The molecule has 182 valence electrons. The summed E-state index contributed by atoms with van der Waals surface area (Å²) in [6, 6.07) is 4.27. The van der Waals surface area contributed by atoms with Crippen LogP contribution in [0.1, 0.15) is 56.0 Å². The summed E-state index contributed by atoms with van der Waals surface area (Å²) in [7, 11) is 0. The van der Waals surface area contributed by atoms with Crippen LogP contribution < -0.4 is 10.3 Å². The van der Waals surface area contributed by atoms with E-state index in [9.17, 15) is 14.3 Å². The summed E-state index contributed by atoms with van der Waals surface area (Å²) in [6.07, 6.45) is 6.38. The maximum Gasteiger partial charge on any atom is 0.273 e. The SMILES string of the molecule is CC1=CN=C(c2ccnc(C(C)(C)O)n2)CC1n1c(C)cc(OCc2cnccc2F)c(Cl)c1=O. The highest BCUT2D eigenvalue weighted by Crippen LogP contribution is 2.31. The molecule has 1 aliphatic rings. The molecule has 0 bridgehead atoms. The fraction of sp³-hybridized carbons (Fsp3) is 0.320. The molecule has 4 rings (SSSR count). The predicted molar refractivity (Wildman–Crippen MR) is 130 cm³/mol. The van der Waals surface area contributed by atoms with Crippen LogP contribution in [-0.4, -0.2) is 30.3 Å². The second-order valence-corrected chi connectivity index (χ2v) is 9.27. The van der Waals surface area contributed by atoms with Crippen molar-refractivity contribution < 1.29 is 14.2 Å². The number of aliphatic imine (C=N–C) groups is 1. The number of halogens is 2. The summed E-state index contributed by atoms with van der Waals surface area (Å²) < 4.78 is 21.2.